The number of nitrogens with one attached hydrogen (secondary N) is 1. The SMILES string of the molecule is CCCN(C(=O)c1oc(C)cc1C)C1CCNCC1. The fourth-order valence-corrected chi connectivity index (χ4v) is 2.79. The van der Waals surface area contributed by atoms with Crippen LogP contribution in [0.2, 0.25) is 0 Å². The van der Waals surface area contributed by atoms with E-state index in [0.29, 0.717) is 11.8 Å². The van der Waals surface area contributed by atoms with Gasteiger partial charge in [-0.15, -0.1) is 0 Å². The van der Waals surface area contributed by atoms with Crippen molar-refractivity contribution in [3.63, 3.8) is 0 Å². The van der Waals surface area contributed by atoms with Crippen LogP contribution in [0.4, 0.5) is 0 Å². The Kier molecular flexibility index (Phi) is 4.64. The van der Waals surface area contributed by atoms with Crippen LogP contribution in [0.5, 0.6) is 0 Å². The lowest BCUT2D eigenvalue weighted by molar-refractivity contribution is 0.0608. The third kappa shape index (κ3) is 3.18. The summed E-state index contributed by atoms with van der Waals surface area (Å²) < 4.78 is 5.59. The van der Waals surface area contributed by atoms with Gasteiger partial charge in [-0.2, -0.15) is 0 Å². The summed E-state index contributed by atoms with van der Waals surface area (Å²) in [5.74, 6) is 1.38. The van der Waals surface area contributed by atoms with Crippen LogP contribution in [0, 0.1) is 13.8 Å². The van der Waals surface area contributed by atoms with E-state index in [2.05, 4.69) is 12.2 Å². The summed E-state index contributed by atoms with van der Waals surface area (Å²) in [5, 5.41) is 3.34. The second-order valence-electron chi connectivity index (χ2n) is 5.35. The second-order valence-corrected chi connectivity index (χ2v) is 5.35. The molecule has 0 atom stereocenters. The van der Waals surface area contributed by atoms with Crippen LogP contribution in [-0.4, -0.2) is 36.5 Å². The van der Waals surface area contributed by atoms with Crippen LogP contribution < -0.4 is 5.32 Å². The molecule has 0 radical (unpaired) electrons. The lowest BCUT2D eigenvalue weighted by atomic mass is 10.0. The van der Waals surface area contributed by atoms with Crippen molar-refractivity contribution in [2.24, 2.45) is 0 Å². The van der Waals surface area contributed by atoms with Gasteiger partial charge in [0, 0.05) is 18.2 Å². The van der Waals surface area contributed by atoms with Gasteiger partial charge in [0.05, 0.1) is 0 Å². The van der Waals surface area contributed by atoms with Crippen molar-refractivity contribution in [2.75, 3.05) is 19.6 Å². The van der Waals surface area contributed by atoms with Gasteiger partial charge in [0.15, 0.2) is 5.76 Å². The first kappa shape index (κ1) is 14.1. The molecule has 2 rings (SSSR count). The Labute approximate surface area is 115 Å². The molecule has 0 aromatic carbocycles. The van der Waals surface area contributed by atoms with Crippen molar-refractivity contribution >= 4 is 5.91 Å². The van der Waals surface area contributed by atoms with E-state index in [9.17, 15) is 4.79 Å². The monoisotopic (exact) mass is 264 g/mol. The molecular weight excluding hydrogens is 240 g/mol. The number of amides is 1. The van der Waals surface area contributed by atoms with Crippen LogP contribution in [0.1, 0.15) is 48.1 Å². The molecule has 1 fully saturated rings. The molecule has 1 aromatic rings. The number of carbonyl (C=O) groups is 1. The van der Waals surface area contributed by atoms with Gasteiger partial charge >= 0.3 is 0 Å². The van der Waals surface area contributed by atoms with E-state index < -0.39 is 0 Å². The summed E-state index contributed by atoms with van der Waals surface area (Å²) >= 11 is 0. The number of aryl methyl sites for hydroxylation is 2. The Morgan fingerprint density at radius 3 is 2.63 bits per heavy atom. The first-order valence-corrected chi connectivity index (χ1v) is 7.22. The lowest BCUT2D eigenvalue weighted by Gasteiger charge is -2.34. The predicted molar refractivity (Wildman–Crippen MR) is 75.4 cm³/mol. The highest BCUT2D eigenvalue weighted by atomic mass is 16.4. The molecule has 1 N–H and O–H groups in total. The summed E-state index contributed by atoms with van der Waals surface area (Å²) in [6.07, 6.45) is 3.05. The van der Waals surface area contributed by atoms with Crippen molar-refractivity contribution in [2.45, 2.75) is 46.1 Å². The standard InChI is InChI=1S/C15H24N2O2/c1-4-9-17(13-5-7-16-8-6-13)15(18)14-11(2)10-12(3)19-14/h10,13,16H,4-9H2,1-3H3. The fourth-order valence-electron chi connectivity index (χ4n) is 2.79. The molecule has 1 saturated heterocycles. The van der Waals surface area contributed by atoms with E-state index in [1.165, 1.54) is 0 Å². The van der Waals surface area contributed by atoms with Gasteiger partial charge in [-0.25, -0.2) is 0 Å². The Balaban J connectivity index is 2.17. The summed E-state index contributed by atoms with van der Waals surface area (Å²) in [6.45, 7) is 8.74. The number of hydrogen-bond acceptors (Lipinski definition) is 3. The van der Waals surface area contributed by atoms with Gasteiger partial charge in [0.1, 0.15) is 5.76 Å². The van der Waals surface area contributed by atoms with E-state index in [1.54, 1.807) is 0 Å². The summed E-state index contributed by atoms with van der Waals surface area (Å²) in [6, 6.07) is 2.28. The van der Waals surface area contributed by atoms with E-state index in [0.717, 1.165) is 50.2 Å². The van der Waals surface area contributed by atoms with E-state index >= 15 is 0 Å². The van der Waals surface area contributed by atoms with Crippen LogP contribution >= 0.6 is 0 Å². The fraction of sp³-hybridized carbons (Fsp3) is 0.667. The van der Waals surface area contributed by atoms with Crippen LogP contribution in [0.25, 0.3) is 0 Å². The van der Waals surface area contributed by atoms with Crippen molar-refractivity contribution < 1.29 is 9.21 Å². The maximum Gasteiger partial charge on any atom is 0.290 e. The van der Waals surface area contributed by atoms with Gasteiger partial charge < -0.3 is 14.6 Å². The number of rotatable bonds is 4. The topological polar surface area (TPSA) is 45.5 Å². The molecule has 0 bridgehead atoms. The molecule has 4 heteroatoms. The molecule has 0 unspecified atom stereocenters. The molecule has 1 aliphatic rings. The average molecular weight is 264 g/mol. The zero-order chi connectivity index (χ0) is 13.8. The molecule has 1 aromatic heterocycles. The number of furan rings is 1. The lowest BCUT2D eigenvalue weighted by Crippen LogP contribution is -2.46. The number of hydrogen-bond donors (Lipinski definition) is 1. The van der Waals surface area contributed by atoms with Gasteiger partial charge in [-0.1, -0.05) is 6.92 Å². The van der Waals surface area contributed by atoms with Gasteiger partial charge in [0.25, 0.3) is 5.91 Å². The number of nitrogens with zero attached hydrogens (tertiary/aromatic N) is 1. The predicted octanol–water partition coefficient (Wildman–Crippen LogP) is 2.50. The minimum absolute atomic E-state index is 0.0550. The largest absolute Gasteiger partial charge is 0.456 e. The van der Waals surface area contributed by atoms with Gasteiger partial charge in [-0.3, -0.25) is 4.79 Å². The first-order valence-electron chi connectivity index (χ1n) is 7.22. The maximum absolute atomic E-state index is 12.7. The number of carbonyl (C=O) groups excluding carboxylic acids is 1. The number of piperidine rings is 1. The average Bonchev–Trinajstić information content (AvgIpc) is 2.75. The highest BCUT2D eigenvalue weighted by Crippen LogP contribution is 2.20. The van der Waals surface area contributed by atoms with Crippen LogP contribution in [-0.2, 0) is 0 Å². The highest BCUT2D eigenvalue weighted by Gasteiger charge is 2.28. The van der Waals surface area contributed by atoms with E-state index in [4.69, 9.17) is 4.42 Å². The Bertz CT molecular complexity index is 433. The first-order chi connectivity index (χ1) is 9.13. The van der Waals surface area contributed by atoms with Gasteiger partial charge in [0.2, 0.25) is 0 Å². The minimum atomic E-state index is 0.0550. The van der Waals surface area contributed by atoms with Crippen molar-refractivity contribution in [1.29, 1.82) is 0 Å². The smallest absolute Gasteiger partial charge is 0.290 e. The molecule has 0 spiro atoms. The molecule has 4 nitrogen and oxygen atoms in total. The zero-order valence-corrected chi connectivity index (χ0v) is 12.2. The summed E-state index contributed by atoms with van der Waals surface area (Å²) in [7, 11) is 0. The van der Waals surface area contributed by atoms with E-state index in [-0.39, 0.29) is 5.91 Å². The second kappa shape index (κ2) is 6.24. The van der Waals surface area contributed by atoms with Crippen LogP contribution in [0.3, 0.4) is 0 Å². The molecule has 0 aliphatic carbocycles. The Morgan fingerprint density at radius 2 is 2.11 bits per heavy atom. The third-order valence-electron chi connectivity index (χ3n) is 3.71. The molecule has 106 valence electrons. The molecule has 1 amide bonds. The molecular formula is C15H24N2O2. The Morgan fingerprint density at radius 1 is 1.42 bits per heavy atom. The van der Waals surface area contributed by atoms with E-state index in [1.807, 2.05) is 24.8 Å². The normalized spacial score (nSPS) is 16.6. The van der Waals surface area contributed by atoms with Crippen molar-refractivity contribution in [3.8, 4) is 0 Å². The maximum atomic E-state index is 12.7. The Hall–Kier alpha value is -1.29. The summed E-state index contributed by atoms with van der Waals surface area (Å²) in [4.78, 5) is 14.7. The quantitative estimate of drug-likeness (QED) is 0.909. The van der Waals surface area contributed by atoms with Crippen molar-refractivity contribution in [1.82, 2.24) is 10.2 Å². The van der Waals surface area contributed by atoms with Crippen LogP contribution in [0.15, 0.2) is 10.5 Å². The summed E-state index contributed by atoms with van der Waals surface area (Å²) in [5.41, 5.74) is 0.942. The van der Waals surface area contributed by atoms with Gasteiger partial charge in [-0.05, 0) is 52.3 Å². The highest BCUT2D eigenvalue weighted by molar-refractivity contribution is 5.93. The zero-order valence-electron chi connectivity index (χ0n) is 12.2. The molecule has 19 heavy (non-hydrogen) atoms. The molecule has 2 heterocycles. The molecule has 1 aliphatic heterocycles. The minimum Gasteiger partial charge on any atom is -0.456 e. The molecule has 0 saturated carbocycles. The third-order valence-corrected chi connectivity index (χ3v) is 3.71. The van der Waals surface area contributed by atoms with Crippen molar-refractivity contribution in [3.05, 3.63) is 23.2 Å².